The standard InChI is InChI=1S/C21H13BrClNO5/c22-17-11-8-15(12-18(17)24(27)28)21(26)29-20(14-6-9-16(23)10-7-14)19(25)13-4-2-1-3-5-13/h1-12,20H/t20-/m0/s1. The molecule has 1 atom stereocenters. The summed E-state index contributed by atoms with van der Waals surface area (Å²) in [5, 5.41) is 11.6. The maximum absolute atomic E-state index is 13.0. The van der Waals surface area contributed by atoms with E-state index in [4.69, 9.17) is 16.3 Å². The molecule has 3 aromatic carbocycles. The molecule has 0 amide bonds. The van der Waals surface area contributed by atoms with Crippen LogP contribution in [-0.2, 0) is 4.74 Å². The molecule has 0 N–H and O–H groups in total. The number of hydrogen-bond donors (Lipinski definition) is 0. The van der Waals surface area contributed by atoms with E-state index in [1.165, 1.54) is 12.1 Å². The lowest BCUT2D eigenvalue weighted by atomic mass is 9.99. The van der Waals surface area contributed by atoms with Gasteiger partial charge in [0.2, 0.25) is 5.78 Å². The van der Waals surface area contributed by atoms with E-state index in [-0.39, 0.29) is 15.7 Å². The number of nitro groups is 1. The first-order valence-electron chi connectivity index (χ1n) is 8.36. The molecule has 0 unspecified atom stereocenters. The van der Waals surface area contributed by atoms with E-state index in [2.05, 4.69) is 15.9 Å². The van der Waals surface area contributed by atoms with Crippen LogP contribution in [0.4, 0.5) is 5.69 Å². The number of ether oxygens (including phenoxy) is 1. The van der Waals surface area contributed by atoms with Gasteiger partial charge in [-0.05, 0) is 40.2 Å². The van der Waals surface area contributed by atoms with E-state index in [1.54, 1.807) is 54.6 Å². The number of hydrogen-bond acceptors (Lipinski definition) is 5. The van der Waals surface area contributed by atoms with Crippen LogP contribution in [0.2, 0.25) is 5.02 Å². The zero-order valence-electron chi connectivity index (χ0n) is 14.7. The van der Waals surface area contributed by atoms with Crippen molar-refractivity contribution in [3.05, 3.63) is 109 Å². The van der Waals surface area contributed by atoms with Gasteiger partial charge in [0.25, 0.3) is 5.69 Å². The number of carbonyl (C=O) groups is 2. The third-order valence-corrected chi connectivity index (χ3v) is 5.00. The Balaban J connectivity index is 1.95. The summed E-state index contributed by atoms with van der Waals surface area (Å²) >= 11 is 8.98. The Morgan fingerprint density at radius 3 is 2.24 bits per heavy atom. The van der Waals surface area contributed by atoms with Gasteiger partial charge in [0.1, 0.15) is 0 Å². The Hall–Kier alpha value is -3.03. The van der Waals surface area contributed by atoms with Crippen molar-refractivity contribution in [2.45, 2.75) is 6.10 Å². The maximum Gasteiger partial charge on any atom is 0.339 e. The average molecular weight is 475 g/mol. The van der Waals surface area contributed by atoms with Crippen LogP contribution in [0.15, 0.2) is 77.3 Å². The summed E-state index contributed by atoms with van der Waals surface area (Å²) in [4.78, 5) is 36.2. The van der Waals surface area contributed by atoms with Gasteiger partial charge in [0.05, 0.1) is 15.0 Å². The third-order valence-electron chi connectivity index (χ3n) is 4.07. The molecule has 0 radical (unpaired) electrons. The molecule has 8 heteroatoms. The van der Waals surface area contributed by atoms with Gasteiger partial charge in [-0.15, -0.1) is 0 Å². The van der Waals surface area contributed by atoms with Crippen molar-refractivity contribution in [3.8, 4) is 0 Å². The smallest absolute Gasteiger partial charge is 0.339 e. The van der Waals surface area contributed by atoms with Gasteiger partial charge in [-0.3, -0.25) is 14.9 Å². The Bertz CT molecular complexity index is 1070. The SMILES string of the molecule is O=C(O[C@H](C(=O)c1ccccc1)c1ccc(Cl)cc1)c1ccc(Br)c([N+](=O)[O-])c1. The number of rotatable bonds is 6. The zero-order chi connectivity index (χ0) is 21.0. The molecule has 3 aromatic rings. The monoisotopic (exact) mass is 473 g/mol. The van der Waals surface area contributed by atoms with Crippen LogP contribution in [0.5, 0.6) is 0 Å². The molecular formula is C21H13BrClNO5. The quantitative estimate of drug-likeness (QED) is 0.195. The maximum atomic E-state index is 13.0. The van der Waals surface area contributed by atoms with Crippen molar-refractivity contribution in [1.29, 1.82) is 0 Å². The first-order chi connectivity index (χ1) is 13.9. The van der Waals surface area contributed by atoms with Crippen LogP contribution >= 0.6 is 27.5 Å². The molecule has 6 nitrogen and oxygen atoms in total. The lowest BCUT2D eigenvalue weighted by Crippen LogP contribution is -2.20. The van der Waals surface area contributed by atoms with Crippen LogP contribution in [0.25, 0.3) is 0 Å². The van der Waals surface area contributed by atoms with Crippen molar-refractivity contribution < 1.29 is 19.2 Å². The molecule has 0 saturated heterocycles. The van der Waals surface area contributed by atoms with Crippen molar-refractivity contribution >= 4 is 45.0 Å². The fraction of sp³-hybridized carbons (Fsp3) is 0.0476. The number of carbonyl (C=O) groups excluding carboxylic acids is 2. The predicted molar refractivity (Wildman–Crippen MR) is 111 cm³/mol. The number of benzene rings is 3. The lowest BCUT2D eigenvalue weighted by Gasteiger charge is -2.18. The number of nitrogens with zero attached hydrogens (tertiary/aromatic N) is 1. The largest absolute Gasteiger partial charge is 0.445 e. The molecule has 0 aromatic heterocycles. The summed E-state index contributed by atoms with van der Waals surface area (Å²) in [7, 11) is 0. The van der Waals surface area contributed by atoms with E-state index in [9.17, 15) is 19.7 Å². The van der Waals surface area contributed by atoms with E-state index in [0.717, 1.165) is 6.07 Å². The van der Waals surface area contributed by atoms with Gasteiger partial charge < -0.3 is 4.74 Å². The third kappa shape index (κ3) is 4.88. The van der Waals surface area contributed by atoms with E-state index < -0.39 is 22.8 Å². The molecule has 0 aliphatic rings. The van der Waals surface area contributed by atoms with Gasteiger partial charge in [-0.1, -0.05) is 54.1 Å². The number of ketones is 1. The highest BCUT2D eigenvalue weighted by atomic mass is 79.9. The van der Waals surface area contributed by atoms with Crippen LogP contribution < -0.4 is 0 Å². The van der Waals surface area contributed by atoms with Crippen LogP contribution in [0.1, 0.15) is 32.4 Å². The summed E-state index contributed by atoms with van der Waals surface area (Å²) < 4.78 is 5.71. The molecule has 0 saturated carbocycles. The van der Waals surface area contributed by atoms with Gasteiger partial charge in [0.15, 0.2) is 6.10 Å². The number of nitro benzene ring substituents is 1. The molecule has 0 aliphatic carbocycles. The molecular weight excluding hydrogens is 462 g/mol. The molecule has 0 fully saturated rings. The van der Waals surface area contributed by atoms with E-state index >= 15 is 0 Å². The average Bonchev–Trinajstić information content (AvgIpc) is 2.73. The number of Topliss-reactive ketones (excluding diaryl/α,β-unsaturated/α-hetero) is 1. The summed E-state index contributed by atoms with van der Waals surface area (Å²) in [5.41, 5.74) is 0.474. The Kier molecular flexibility index (Phi) is 6.41. The van der Waals surface area contributed by atoms with Crippen LogP contribution in [-0.4, -0.2) is 16.7 Å². The van der Waals surface area contributed by atoms with E-state index in [0.29, 0.717) is 16.1 Å². The number of esters is 1. The zero-order valence-corrected chi connectivity index (χ0v) is 17.1. The minimum atomic E-state index is -1.23. The second-order valence-corrected chi connectivity index (χ2v) is 7.28. The first kappa shape index (κ1) is 20.7. The van der Waals surface area contributed by atoms with Gasteiger partial charge in [-0.2, -0.15) is 0 Å². The van der Waals surface area contributed by atoms with Crippen molar-refractivity contribution in [3.63, 3.8) is 0 Å². The summed E-state index contributed by atoms with van der Waals surface area (Å²) in [5.74, 6) is -1.28. The second kappa shape index (κ2) is 8.98. The highest BCUT2D eigenvalue weighted by Gasteiger charge is 2.27. The summed E-state index contributed by atoms with van der Waals surface area (Å²) in [6, 6.07) is 18.6. The fourth-order valence-electron chi connectivity index (χ4n) is 2.62. The Morgan fingerprint density at radius 1 is 0.966 bits per heavy atom. The molecule has 0 spiro atoms. The number of halogens is 2. The van der Waals surface area contributed by atoms with Crippen molar-refractivity contribution in [1.82, 2.24) is 0 Å². The molecule has 146 valence electrons. The predicted octanol–water partition coefficient (Wildman–Crippen LogP) is 5.79. The highest BCUT2D eigenvalue weighted by Crippen LogP contribution is 2.29. The molecule has 29 heavy (non-hydrogen) atoms. The Labute approximate surface area is 179 Å². The highest BCUT2D eigenvalue weighted by molar-refractivity contribution is 9.10. The minimum Gasteiger partial charge on any atom is -0.445 e. The fourth-order valence-corrected chi connectivity index (χ4v) is 3.14. The Morgan fingerprint density at radius 2 is 1.62 bits per heavy atom. The molecule has 3 rings (SSSR count). The topological polar surface area (TPSA) is 86.5 Å². The minimum absolute atomic E-state index is 0.0419. The van der Waals surface area contributed by atoms with Crippen LogP contribution in [0, 0.1) is 10.1 Å². The van der Waals surface area contributed by atoms with E-state index in [1.807, 2.05) is 0 Å². The van der Waals surface area contributed by atoms with Crippen LogP contribution in [0.3, 0.4) is 0 Å². The summed E-state index contributed by atoms with van der Waals surface area (Å²) in [6.07, 6.45) is -1.23. The lowest BCUT2D eigenvalue weighted by molar-refractivity contribution is -0.385. The van der Waals surface area contributed by atoms with Gasteiger partial charge in [0, 0.05) is 22.2 Å². The molecule has 0 heterocycles. The molecule has 0 aliphatic heterocycles. The normalized spacial score (nSPS) is 11.5. The van der Waals surface area contributed by atoms with Crippen molar-refractivity contribution in [2.75, 3.05) is 0 Å². The van der Waals surface area contributed by atoms with Gasteiger partial charge in [-0.25, -0.2) is 4.79 Å². The first-order valence-corrected chi connectivity index (χ1v) is 9.53. The molecule has 0 bridgehead atoms. The van der Waals surface area contributed by atoms with Crippen molar-refractivity contribution in [2.24, 2.45) is 0 Å². The summed E-state index contributed by atoms with van der Waals surface area (Å²) in [6.45, 7) is 0. The second-order valence-electron chi connectivity index (χ2n) is 5.99. The van der Waals surface area contributed by atoms with Gasteiger partial charge >= 0.3 is 5.97 Å².